The van der Waals surface area contributed by atoms with Gasteiger partial charge in [0.15, 0.2) is 0 Å². The van der Waals surface area contributed by atoms with Crippen LogP contribution in [0.2, 0.25) is 0 Å². The van der Waals surface area contributed by atoms with Crippen molar-refractivity contribution in [3.05, 3.63) is 53.3 Å². The summed E-state index contributed by atoms with van der Waals surface area (Å²) in [5.41, 5.74) is 2.36. The SMILES string of the molecule is Cc1cccc(OCCn2c(C)ccc2C(=O)O)c1. The Morgan fingerprint density at radius 3 is 2.74 bits per heavy atom. The summed E-state index contributed by atoms with van der Waals surface area (Å²) < 4.78 is 7.38. The number of hydrogen-bond donors (Lipinski definition) is 1. The summed E-state index contributed by atoms with van der Waals surface area (Å²) in [6, 6.07) is 11.2. The van der Waals surface area contributed by atoms with Gasteiger partial charge in [0.25, 0.3) is 0 Å². The van der Waals surface area contributed by atoms with Crippen molar-refractivity contribution in [1.29, 1.82) is 0 Å². The summed E-state index contributed by atoms with van der Waals surface area (Å²) >= 11 is 0. The topological polar surface area (TPSA) is 51.5 Å². The molecule has 0 spiro atoms. The van der Waals surface area contributed by atoms with Gasteiger partial charge in [-0.2, -0.15) is 0 Å². The van der Waals surface area contributed by atoms with E-state index in [0.717, 1.165) is 17.0 Å². The molecule has 100 valence electrons. The fourth-order valence-electron chi connectivity index (χ4n) is 2.01. The zero-order valence-corrected chi connectivity index (χ0v) is 11.1. The van der Waals surface area contributed by atoms with E-state index in [-0.39, 0.29) is 0 Å². The van der Waals surface area contributed by atoms with Gasteiger partial charge in [0.1, 0.15) is 18.1 Å². The second-order valence-electron chi connectivity index (χ2n) is 4.48. The standard InChI is InChI=1S/C15H17NO3/c1-11-4-3-5-13(10-11)19-9-8-16-12(2)6-7-14(16)15(17)18/h3-7,10H,8-9H2,1-2H3,(H,17,18). The average molecular weight is 259 g/mol. The quantitative estimate of drug-likeness (QED) is 0.898. The van der Waals surface area contributed by atoms with Gasteiger partial charge in [-0.15, -0.1) is 0 Å². The van der Waals surface area contributed by atoms with Crippen molar-refractivity contribution >= 4 is 5.97 Å². The lowest BCUT2D eigenvalue weighted by molar-refractivity contribution is 0.0683. The summed E-state index contributed by atoms with van der Waals surface area (Å²) in [6.45, 7) is 4.86. The van der Waals surface area contributed by atoms with E-state index in [1.165, 1.54) is 0 Å². The molecule has 2 rings (SSSR count). The first-order chi connectivity index (χ1) is 9.08. The number of ether oxygens (including phenoxy) is 1. The molecule has 0 radical (unpaired) electrons. The molecule has 1 aromatic carbocycles. The lowest BCUT2D eigenvalue weighted by atomic mass is 10.2. The number of aryl methyl sites for hydroxylation is 2. The molecular formula is C15H17NO3. The van der Waals surface area contributed by atoms with E-state index in [4.69, 9.17) is 9.84 Å². The fourth-order valence-corrected chi connectivity index (χ4v) is 2.01. The highest BCUT2D eigenvalue weighted by molar-refractivity contribution is 5.86. The zero-order chi connectivity index (χ0) is 13.8. The molecule has 0 aliphatic rings. The van der Waals surface area contributed by atoms with E-state index in [9.17, 15) is 4.79 Å². The van der Waals surface area contributed by atoms with Crippen LogP contribution in [0.3, 0.4) is 0 Å². The number of rotatable bonds is 5. The van der Waals surface area contributed by atoms with Gasteiger partial charge in [-0.05, 0) is 43.7 Å². The summed E-state index contributed by atoms with van der Waals surface area (Å²) in [4.78, 5) is 11.1. The number of carboxylic acids is 1. The van der Waals surface area contributed by atoms with Crippen molar-refractivity contribution in [1.82, 2.24) is 4.57 Å². The molecule has 0 unspecified atom stereocenters. The predicted molar refractivity (Wildman–Crippen MR) is 72.8 cm³/mol. The van der Waals surface area contributed by atoms with Crippen LogP contribution in [0.25, 0.3) is 0 Å². The van der Waals surface area contributed by atoms with Gasteiger partial charge < -0.3 is 14.4 Å². The molecule has 0 atom stereocenters. The third kappa shape index (κ3) is 3.16. The van der Waals surface area contributed by atoms with Crippen LogP contribution in [0.1, 0.15) is 21.7 Å². The van der Waals surface area contributed by atoms with Gasteiger partial charge in [-0.1, -0.05) is 12.1 Å². The Kier molecular flexibility index (Phi) is 3.90. The van der Waals surface area contributed by atoms with Crippen LogP contribution in [0.15, 0.2) is 36.4 Å². The number of aromatic nitrogens is 1. The third-order valence-corrected chi connectivity index (χ3v) is 2.99. The molecule has 1 heterocycles. The number of nitrogens with zero attached hydrogens (tertiary/aromatic N) is 1. The molecule has 1 N–H and O–H groups in total. The van der Waals surface area contributed by atoms with Crippen LogP contribution in [-0.4, -0.2) is 22.2 Å². The zero-order valence-electron chi connectivity index (χ0n) is 11.1. The van der Waals surface area contributed by atoms with E-state index in [2.05, 4.69) is 0 Å². The second kappa shape index (κ2) is 5.61. The number of carboxylic acid groups (broad SMARTS) is 1. The molecule has 4 nitrogen and oxygen atoms in total. The summed E-state index contributed by atoms with van der Waals surface area (Å²) in [7, 11) is 0. The van der Waals surface area contributed by atoms with Crippen LogP contribution in [0, 0.1) is 13.8 Å². The van der Waals surface area contributed by atoms with Crippen LogP contribution < -0.4 is 4.74 Å². The lowest BCUT2D eigenvalue weighted by Gasteiger charge is -2.11. The first-order valence-corrected chi connectivity index (χ1v) is 6.17. The Hall–Kier alpha value is -2.23. The first-order valence-electron chi connectivity index (χ1n) is 6.17. The monoisotopic (exact) mass is 259 g/mol. The molecule has 0 bridgehead atoms. The van der Waals surface area contributed by atoms with Crippen LogP contribution in [0.5, 0.6) is 5.75 Å². The molecule has 0 saturated carbocycles. The fraction of sp³-hybridized carbons (Fsp3) is 0.267. The highest BCUT2D eigenvalue weighted by Crippen LogP contribution is 2.13. The van der Waals surface area contributed by atoms with Crippen molar-refractivity contribution in [3.8, 4) is 5.75 Å². The summed E-state index contributed by atoms with van der Waals surface area (Å²) in [5.74, 6) is -0.106. The van der Waals surface area contributed by atoms with E-state index < -0.39 is 5.97 Å². The molecule has 0 amide bonds. The van der Waals surface area contributed by atoms with Gasteiger partial charge in [0.05, 0.1) is 6.54 Å². The largest absolute Gasteiger partial charge is 0.492 e. The highest BCUT2D eigenvalue weighted by Gasteiger charge is 2.11. The smallest absolute Gasteiger partial charge is 0.352 e. The van der Waals surface area contributed by atoms with Crippen molar-refractivity contribution in [3.63, 3.8) is 0 Å². The van der Waals surface area contributed by atoms with Gasteiger partial charge >= 0.3 is 5.97 Å². The van der Waals surface area contributed by atoms with Gasteiger partial charge in [0.2, 0.25) is 0 Å². The first kappa shape index (κ1) is 13.2. The van der Waals surface area contributed by atoms with E-state index in [1.54, 1.807) is 16.7 Å². The molecule has 0 fully saturated rings. The third-order valence-electron chi connectivity index (χ3n) is 2.99. The molecule has 0 saturated heterocycles. The molecule has 0 aliphatic heterocycles. The molecule has 4 heteroatoms. The molecule has 19 heavy (non-hydrogen) atoms. The molecule has 1 aromatic heterocycles. The number of hydrogen-bond acceptors (Lipinski definition) is 2. The minimum atomic E-state index is -0.913. The molecular weight excluding hydrogens is 242 g/mol. The second-order valence-corrected chi connectivity index (χ2v) is 4.48. The Balaban J connectivity index is 2.00. The number of carbonyl (C=O) groups is 1. The average Bonchev–Trinajstić information content (AvgIpc) is 2.71. The van der Waals surface area contributed by atoms with Gasteiger partial charge in [-0.3, -0.25) is 0 Å². The minimum Gasteiger partial charge on any atom is -0.492 e. The van der Waals surface area contributed by atoms with Crippen molar-refractivity contribution in [2.24, 2.45) is 0 Å². The van der Waals surface area contributed by atoms with E-state index in [0.29, 0.717) is 18.8 Å². The van der Waals surface area contributed by atoms with Gasteiger partial charge in [-0.25, -0.2) is 4.79 Å². The summed E-state index contributed by atoms with van der Waals surface area (Å²) in [5, 5.41) is 9.07. The lowest BCUT2D eigenvalue weighted by Crippen LogP contribution is -2.14. The maximum Gasteiger partial charge on any atom is 0.352 e. The Morgan fingerprint density at radius 2 is 2.05 bits per heavy atom. The number of benzene rings is 1. The number of aromatic carboxylic acids is 1. The highest BCUT2D eigenvalue weighted by atomic mass is 16.5. The molecule has 2 aromatic rings. The molecule has 0 aliphatic carbocycles. The Morgan fingerprint density at radius 1 is 1.26 bits per heavy atom. The van der Waals surface area contributed by atoms with Crippen molar-refractivity contribution in [2.75, 3.05) is 6.61 Å². The van der Waals surface area contributed by atoms with Crippen LogP contribution >= 0.6 is 0 Å². The van der Waals surface area contributed by atoms with Crippen molar-refractivity contribution < 1.29 is 14.6 Å². The Labute approximate surface area is 112 Å². The van der Waals surface area contributed by atoms with Crippen LogP contribution in [-0.2, 0) is 6.54 Å². The maximum atomic E-state index is 11.1. The van der Waals surface area contributed by atoms with E-state index in [1.807, 2.05) is 38.1 Å². The normalized spacial score (nSPS) is 10.4. The minimum absolute atomic E-state index is 0.297. The maximum absolute atomic E-state index is 11.1. The van der Waals surface area contributed by atoms with Crippen LogP contribution in [0.4, 0.5) is 0 Å². The summed E-state index contributed by atoms with van der Waals surface area (Å²) in [6.07, 6.45) is 0. The van der Waals surface area contributed by atoms with E-state index >= 15 is 0 Å². The Bertz CT molecular complexity index is 587. The predicted octanol–water partition coefficient (Wildman–Crippen LogP) is 2.88. The van der Waals surface area contributed by atoms with Crippen molar-refractivity contribution in [2.45, 2.75) is 20.4 Å². The van der Waals surface area contributed by atoms with Gasteiger partial charge in [0, 0.05) is 5.69 Å².